The molecule has 3 heteroatoms. The van der Waals surface area contributed by atoms with Gasteiger partial charge < -0.3 is 0 Å². The Labute approximate surface area is 59.7 Å². The molecular formula is C7H11FN2. The Hall–Kier alpha value is -0.860. The molecule has 0 saturated carbocycles. The van der Waals surface area contributed by atoms with Crippen LogP contribution in [0.15, 0.2) is 6.07 Å². The van der Waals surface area contributed by atoms with E-state index in [0.29, 0.717) is 5.92 Å². The van der Waals surface area contributed by atoms with E-state index in [9.17, 15) is 4.39 Å². The normalized spacial score (nSPS) is 10.9. The molecule has 0 aliphatic carbocycles. The lowest BCUT2D eigenvalue weighted by atomic mass is 10.1. The number of nitrogens with zero attached hydrogens (tertiary/aromatic N) is 2. The summed E-state index contributed by atoms with van der Waals surface area (Å²) in [6.45, 7) is 3.98. The van der Waals surface area contributed by atoms with Gasteiger partial charge in [-0.25, -0.2) is 4.68 Å². The molecule has 0 atom stereocenters. The summed E-state index contributed by atoms with van der Waals surface area (Å²) < 4.78 is 13.8. The predicted molar refractivity (Wildman–Crippen MR) is 37.3 cm³/mol. The van der Waals surface area contributed by atoms with E-state index in [2.05, 4.69) is 5.10 Å². The Morgan fingerprint density at radius 1 is 1.60 bits per heavy atom. The highest BCUT2D eigenvalue weighted by Crippen LogP contribution is 2.11. The van der Waals surface area contributed by atoms with Gasteiger partial charge in [0.05, 0.1) is 5.69 Å². The van der Waals surface area contributed by atoms with Gasteiger partial charge in [-0.15, -0.1) is 0 Å². The minimum absolute atomic E-state index is 0.274. The molecule has 0 unspecified atom stereocenters. The van der Waals surface area contributed by atoms with Crippen LogP contribution in [0.25, 0.3) is 0 Å². The van der Waals surface area contributed by atoms with E-state index in [1.54, 1.807) is 7.05 Å². The van der Waals surface area contributed by atoms with Gasteiger partial charge in [-0.05, 0) is 5.92 Å². The van der Waals surface area contributed by atoms with Crippen molar-refractivity contribution in [3.05, 3.63) is 17.7 Å². The van der Waals surface area contributed by atoms with Crippen LogP contribution in [-0.4, -0.2) is 9.78 Å². The van der Waals surface area contributed by atoms with Crippen LogP contribution in [0.1, 0.15) is 25.5 Å². The van der Waals surface area contributed by atoms with Crippen LogP contribution in [0.3, 0.4) is 0 Å². The van der Waals surface area contributed by atoms with Crippen molar-refractivity contribution < 1.29 is 4.39 Å². The number of halogens is 1. The van der Waals surface area contributed by atoms with E-state index in [-0.39, 0.29) is 5.95 Å². The summed E-state index contributed by atoms with van der Waals surface area (Å²) >= 11 is 0. The summed E-state index contributed by atoms with van der Waals surface area (Å²) in [7, 11) is 1.60. The largest absolute Gasteiger partial charge is 0.242 e. The van der Waals surface area contributed by atoms with Crippen LogP contribution >= 0.6 is 0 Å². The third-order valence-corrected chi connectivity index (χ3v) is 1.43. The molecule has 0 aliphatic rings. The first kappa shape index (κ1) is 7.25. The number of aromatic nitrogens is 2. The molecule has 10 heavy (non-hydrogen) atoms. The van der Waals surface area contributed by atoms with Crippen LogP contribution in [-0.2, 0) is 7.05 Å². The first-order chi connectivity index (χ1) is 4.61. The van der Waals surface area contributed by atoms with Gasteiger partial charge in [0, 0.05) is 13.1 Å². The zero-order valence-corrected chi connectivity index (χ0v) is 6.43. The summed E-state index contributed by atoms with van der Waals surface area (Å²) in [4.78, 5) is 0. The highest BCUT2D eigenvalue weighted by Gasteiger charge is 2.06. The van der Waals surface area contributed by atoms with E-state index in [1.807, 2.05) is 13.8 Å². The monoisotopic (exact) mass is 142 g/mol. The fraction of sp³-hybridized carbons (Fsp3) is 0.571. The first-order valence-corrected chi connectivity index (χ1v) is 3.30. The second-order valence-corrected chi connectivity index (χ2v) is 2.67. The van der Waals surface area contributed by atoms with Crippen molar-refractivity contribution in [2.24, 2.45) is 7.05 Å². The van der Waals surface area contributed by atoms with E-state index in [4.69, 9.17) is 0 Å². The Morgan fingerprint density at radius 3 is 2.40 bits per heavy atom. The van der Waals surface area contributed by atoms with Gasteiger partial charge in [0.25, 0.3) is 0 Å². The van der Waals surface area contributed by atoms with Crippen LogP contribution in [0, 0.1) is 5.95 Å². The standard InChI is InChI=1S/C7H11FN2/c1-5(2)6-4-7(8)10(3)9-6/h4-5H,1-3H3. The fourth-order valence-electron chi connectivity index (χ4n) is 0.747. The van der Waals surface area contributed by atoms with Gasteiger partial charge in [0.1, 0.15) is 0 Å². The molecule has 1 aromatic rings. The summed E-state index contributed by atoms with van der Waals surface area (Å²) in [6.07, 6.45) is 0. The summed E-state index contributed by atoms with van der Waals surface area (Å²) in [6, 6.07) is 1.46. The van der Waals surface area contributed by atoms with Gasteiger partial charge in [-0.3, -0.25) is 0 Å². The lowest BCUT2D eigenvalue weighted by molar-refractivity contribution is 0.502. The maximum atomic E-state index is 12.6. The molecule has 0 bridgehead atoms. The SMILES string of the molecule is CC(C)c1cc(F)n(C)n1. The molecule has 0 radical (unpaired) electrons. The van der Waals surface area contributed by atoms with Crippen molar-refractivity contribution in [2.75, 3.05) is 0 Å². The van der Waals surface area contributed by atoms with Crippen molar-refractivity contribution in [1.29, 1.82) is 0 Å². The van der Waals surface area contributed by atoms with E-state index >= 15 is 0 Å². The van der Waals surface area contributed by atoms with Gasteiger partial charge in [0.15, 0.2) is 0 Å². The molecule has 2 nitrogen and oxygen atoms in total. The number of aryl methyl sites for hydroxylation is 1. The minimum atomic E-state index is -0.274. The average molecular weight is 142 g/mol. The number of hydrogen-bond acceptors (Lipinski definition) is 1. The molecule has 1 heterocycles. The third-order valence-electron chi connectivity index (χ3n) is 1.43. The predicted octanol–water partition coefficient (Wildman–Crippen LogP) is 1.68. The summed E-state index contributed by atoms with van der Waals surface area (Å²) in [5.74, 6) is 0.0272. The Morgan fingerprint density at radius 2 is 2.20 bits per heavy atom. The zero-order valence-electron chi connectivity index (χ0n) is 6.43. The number of rotatable bonds is 1. The van der Waals surface area contributed by atoms with Gasteiger partial charge in [0.2, 0.25) is 5.95 Å². The zero-order chi connectivity index (χ0) is 7.72. The molecule has 56 valence electrons. The lowest BCUT2D eigenvalue weighted by Crippen LogP contribution is -1.95. The van der Waals surface area contributed by atoms with Crippen LogP contribution in [0.4, 0.5) is 4.39 Å². The second kappa shape index (κ2) is 2.40. The van der Waals surface area contributed by atoms with Gasteiger partial charge >= 0.3 is 0 Å². The Balaban J connectivity index is 2.98. The molecule has 0 N–H and O–H groups in total. The maximum Gasteiger partial charge on any atom is 0.211 e. The topological polar surface area (TPSA) is 17.8 Å². The molecule has 0 saturated heterocycles. The van der Waals surface area contributed by atoms with Crippen molar-refractivity contribution in [3.8, 4) is 0 Å². The lowest BCUT2D eigenvalue weighted by Gasteiger charge is -1.95. The molecule has 0 aromatic carbocycles. The van der Waals surface area contributed by atoms with Crippen molar-refractivity contribution in [3.63, 3.8) is 0 Å². The summed E-state index contributed by atoms with van der Waals surface area (Å²) in [5, 5.41) is 3.95. The third kappa shape index (κ3) is 1.17. The van der Waals surface area contributed by atoms with Gasteiger partial charge in [-0.1, -0.05) is 13.8 Å². The summed E-state index contributed by atoms with van der Waals surface area (Å²) in [5.41, 5.74) is 0.806. The van der Waals surface area contributed by atoms with Crippen molar-refractivity contribution in [1.82, 2.24) is 9.78 Å². The molecule has 0 fully saturated rings. The molecule has 0 spiro atoms. The van der Waals surface area contributed by atoms with Crippen LogP contribution < -0.4 is 0 Å². The van der Waals surface area contributed by atoms with Crippen molar-refractivity contribution in [2.45, 2.75) is 19.8 Å². The Kier molecular flexibility index (Phi) is 1.74. The average Bonchev–Trinajstić information content (AvgIpc) is 2.13. The molecule has 1 aromatic heterocycles. The smallest absolute Gasteiger partial charge is 0.211 e. The maximum absolute atomic E-state index is 12.6. The highest BCUT2D eigenvalue weighted by atomic mass is 19.1. The number of hydrogen-bond donors (Lipinski definition) is 0. The van der Waals surface area contributed by atoms with Crippen molar-refractivity contribution >= 4 is 0 Å². The molecule has 0 amide bonds. The van der Waals surface area contributed by atoms with E-state index in [1.165, 1.54) is 10.7 Å². The fourth-order valence-corrected chi connectivity index (χ4v) is 0.747. The molecule has 0 aliphatic heterocycles. The van der Waals surface area contributed by atoms with Gasteiger partial charge in [-0.2, -0.15) is 9.49 Å². The molecular weight excluding hydrogens is 131 g/mol. The Bertz CT molecular complexity index is 208. The quantitative estimate of drug-likeness (QED) is 0.583. The van der Waals surface area contributed by atoms with E-state index < -0.39 is 0 Å². The second-order valence-electron chi connectivity index (χ2n) is 2.67. The van der Waals surface area contributed by atoms with Crippen LogP contribution in [0.2, 0.25) is 0 Å². The first-order valence-electron chi connectivity index (χ1n) is 3.30. The van der Waals surface area contributed by atoms with Crippen LogP contribution in [0.5, 0.6) is 0 Å². The van der Waals surface area contributed by atoms with E-state index in [0.717, 1.165) is 5.69 Å². The highest BCUT2D eigenvalue weighted by molar-refractivity contribution is 5.04. The minimum Gasteiger partial charge on any atom is -0.242 e. The molecule has 1 rings (SSSR count).